The van der Waals surface area contributed by atoms with Crippen LogP contribution in [0.3, 0.4) is 0 Å². The van der Waals surface area contributed by atoms with Gasteiger partial charge < -0.3 is 9.88 Å². The lowest BCUT2D eigenvalue weighted by molar-refractivity contribution is -0.117. The van der Waals surface area contributed by atoms with Crippen molar-refractivity contribution >= 4 is 23.7 Å². The molecule has 7 nitrogen and oxygen atoms in total. The van der Waals surface area contributed by atoms with E-state index in [1.54, 1.807) is 6.33 Å². The molecule has 8 heteroatoms. The quantitative estimate of drug-likeness (QED) is 0.808. The van der Waals surface area contributed by atoms with E-state index in [2.05, 4.69) is 20.8 Å². The fourth-order valence-electron chi connectivity index (χ4n) is 2.70. The monoisotopic (exact) mass is 323 g/mol. The molecule has 120 valence electrons. The van der Waals surface area contributed by atoms with Gasteiger partial charge >= 0.3 is 6.03 Å². The van der Waals surface area contributed by atoms with Crippen LogP contribution in [0.2, 0.25) is 0 Å². The second-order valence-electron chi connectivity index (χ2n) is 5.90. The average Bonchev–Trinajstić information content (AvgIpc) is 3.24. The number of thioether (sulfide) groups is 1. The van der Waals surface area contributed by atoms with Crippen molar-refractivity contribution in [3.63, 3.8) is 0 Å². The normalized spacial score (nSPS) is 18.9. The average molecular weight is 323 g/mol. The molecule has 3 rings (SSSR count). The molecule has 2 N–H and O–H groups in total. The summed E-state index contributed by atoms with van der Waals surface area (Å²) < 4.78 is 2.00. The number of imide groups is 1. The highest BCUT2D eigenvalue weighted by molar-refractivity contribution is 7.99. The topological polar surface area (TPSA) is 88.9 Å². The molecule has 2 aliphatic carbocycles. The molecule has 1 aromatic heterocycles. The molecule has 0 atom stereocenters. The summed E-state index contributed by atoms with van der Waals surface area (Å²) in [6, 6.07) is 0.295. The van der Waals surface area contributed by atoms with E-state index in [1.807, 2.05) is 4.57 Å². The molecule has 0 bridgehead atoms. The molecule has 3 amide bonds. The van der Waals surface area contributed by atoms with Gasteiger partial charge in [0.1, 0.15) is 6.33 Å². The summed E-state index contributed by atoms with van der Waals surface area (Å²) >= 11 is 1.32. The minimum atomic E-state index is -0.388. The molecule has 0 radical (unpaired) electrons. The van der Waals surface area contributed by atoms with E-state index in [0.29, 0.717) is 6.04 Å². The Labute approximate surface area is 133 Å². The molecule has 0 aromatic carbocycles. The lowest BCUT2D eigenvalue weighted by Gasteiger charge is -2.22. The predicted octanol–water partition coefficient (Wildman–Crippen LogP) is 1.86. The zero-order valence-electron chi connectivity index (χ0n) is 12.5. The van der Waals surface area contributed by atoms with Crippen LogP contribution in [0.4, 0.5) is 4.79 Å². The summed E-state index contributed by atoms with van der Waals surface area (Å²) in [4.78, 5) is 23.6. The number of nitrogens with zero attached hydrogens (tertiary/aromatic N) is 3. The Kier molecular flexibility index (Phi) is 4.97. The van der Waals surface area contributed by atoms with Crippen molar-refractivity contribution in [3.05, 3.63) is 6.33 Å². The van der Waals surface area contributed by atoms with E-state index in [-0.39, 0.29) is 23.7 Å². The summed E-state index contributed by atoms with van der Waals surface area (Å²) in [5.74, 6) is -0.132. The Balaban J connectivity index is 1.40. The largest absolute Gasteiger partial charge is 0.335 e. The van der Waals surface area contributed by atoms with E-state index in [9.17, 15) is 9.59 Å². The van der Waals surface area contributed by atoms with Crippen molar-refractivity contribution in [2.45, 2.75) is 62.2 Å². The van der Waals surface area contributed by atoms with Gasteiger partial charge in [-0.15, -0.1) is 10.2 Å². The maximum Gasteiger partial charge on any atom is 0.321 e. The van der Waals surface area contributed by atoms with Gasteiger partial charge in [-0.25, -0.2) is 4.79 Å². The molecular weight excluding hydrogens is 302 g/mol. The van der Waals surface area contributed by atoms with Crippen molar-refractivity contribution in [3.8, 4) is 0 Å². The Bertz CT molecular complexity index is 537. The van der Waals surface area contributed by atoms with Crippen molar-refractivity contribution in [1.82, 2.24) is 25.4 Å². The van der Waals surface area contributed by atoms with Crippen molar-refractivity contribution in [2.75, 3.05) is 5.75 Å². The van der Waals surface area contributed by atoms with Crippen LogP contribution in [-0.2, 0) is 4.79 Å². The van der Waals surface area contributed by atoms with Gasteiger partial charge in [0.05, 0.1) is 5.75 Å². The van der Waals surface area contributed by atoms with Crippen LogP contribution in [0.1, 0.15) is 51.0 Å². The summed E-state index contributed by atoms with van der Waals surface area (Å²) in [5.41, 5.74) is 0. The second-order valence-corrected chi connectivity index (χ2v) is 6.84. The van der Waals surface area contributed by atoms with Gasteiger partial charge in [-0.1, -0.05) is 31.0 Å². The van der Waals surface area contributed by atoms with Gasteiger partial charge in [0.25, 0.3) is 0 Å². The first-order valence-electron chi connectivity index (χ1n) is 7.85. The lowest BCUT2D eigenvalue weighted by atomic mass is 9.96. The van der Waals surface area contributed by atoms with E-state index in [1.165, 1.54) is 18.2 Å². The Morgan fingerprint density at radius 2 is 2.00 bits per heavy atom. The molecule has 2 fully saturated rings. The maximum atomic E-state index is 11.8. The highest BCUT2D eigenvalue weighted by atomic mass is 32.2. The molecule has 0 spiro atoms. The summed E-state index contributed by atoms with van der Waals surface area (Å²) in [7, 11) is 0. The fourth-order valence-corrected chi connectivity index (χ4v) is 3.48. The lowest BCUT2D eigenvalue weighted by Crippen LogP contribution is -2.45. The van der Waals surface area contributed by atoms with Crippen LogP contribution in [0.25, 0.3) is 0 Å². The highest BCUT2D eigenvalue weighted by Crippen LogP contribution is 2.37. The van der Waals surface area contributed by atoms with Crippen molar-refractivity contribution in [2.24, 2.45) is 0 Å². The summed E-state index contributed by atoms with van der Waals surface area (Å²) in [6.07, 6.45) is 9.51. The van der Waals surface area contributed by atoms with E-state index < -0.39 is 0 Å². The van der Waals surface area contributed by atoms with Gasteiger partial charge in [-0.3, -0.25) is 10.1 Å². The Morgan fingerprint density at radius 1 is 1.23 bits per heavy atom. The minimum Gasteiger partial charge on any atom is -0.335 e. The molecule has 2 aliphatic rings. The van der Waals surface area contributed by atoms with Gasteiger partial charge in [-0.2, -0.15) is 0 Å². The number of hydrogen-bond acceptors (Lipinski definition) is 5. The number of urea groups is 1. The Hall–Kier alpha value is -1.57. The third kappa shape index (κ3) is 4.22. The zero-order valence-corrected chi connectivity index (χ0v) is 13.3. The first kappa shape index (κ1) is 15.3. The minimum absolute atomic E-state index is 0.170. The van der Waals surface area contributed by atoms with Crippen LogP contribution in [0.15, 0.2) is 11.5 Å². The van der Waals surface area contributed by atoms with Gasteiger partial charge in [0.15, 0.2) is 5.16 Å². The number of rotatable bonds is 5. The number of nitrogens with one attached hydrogen (secondary N) is 2. The SMILES string of the molecule is O=C(CSc1nncn1C1CC1)NC(=O)NC1CCCCC1. The van der Waals surface area contributed by atoms with Gasteiger partial charge in [-0.05, 0) is 25.7 Å². The molecule has 2 saturated carbocycles. The number of carbonyl (C=O) groups excluding carboxylic acids is 2. The smallest absolute Gasteiger partial charge is 0.321 e. The molecule has 22 heavy (non-hydrogen) atoms. The first-order chi connectivity index (χ1) is 10.7. The van der Waals surface area contributed by atoms with E-state index >= 15 is 0 Å². The standard InChI is InChI=1S/C14H21N5O2S/c20-12(17-13(21)16-10-4-2-1-3-5-10)8-22-14-18-15-9-19(14)11-6-7-11/h9-11H,1-8H2,(H2,16,17,20,21). The van der Waals surface area contributed by atoms with Crippen LogP contribution in [0.5, 0.6) is 0 Å². The molecular formula is C14H21N5O2S. The van der Waals surface area contributed by atoms with E-state index in [0.717, 1.165) is 43.7 Å². The number of carbonyl (C=O) groups is 2. The van der Waals surface area contributed by atoms with Gasteiger partial charge in [0.2, 0.25) is 5.91 Å². The third-order valence-electron chi connectivity index (χ3n) is 4.01. The highest BCUT2D eigenvalue weighted by Gasteiger charge is 2.26. The maximum absolute atomic E-state index is 11.8. The fraction of sp³-hybridized carbons (Fsp3) is 0.714. The summed E-state index contributed by atoms with van der Waals surface area (Å²) in [5, 5.41) is 13.9. The third-order valence-corrected chi connectivity index (χ3v) is 4.96. The van der Waals surface area contributed by atoms with Crippen LogP contribution in [-0.4, -0.2) is 38.5 Å². The van der Waals surface area contributed by atoms with Crippen molar-refractivity contribution in [1.29, 1.82) is 0 Å². The first-order valence-corrected chi connectivity index (χ1v) is 8.83. The molecule has 1 heterocycles. The van der Waals surface area contributed by atoms with Crippen LogP contribution < -0.4 is 10.6 Å². The Morgan fingerprint density at radius 3 is 2.73 bits per heavy atom. The van der Waals surface area contributed by atoms with Gasteiger partial charge in [0, 0.05) is 12.1 Å². The van der Waals surface area contributed by atoms with Crippen molar-refractivity contribution < 1.29 is 9.59 Å². The molecule has 0 aliphatic heterocycles. The second kappa shape index (κ2) is 7.13. The molecule has 0 unspecified atom stereocenters. The van der Waals surface area contributed by atoms with Crippen LogP contribution in [0, 0.1) is 0 Å². The van der Waals surface area contributed by atoms with E-state index in [4.69, 9.17) is 0 Å². The predicted molar refractivity (Wildman–Crippen MR) is 82.6 cm³/mol. The summed E-state index contributed by atoms with van der Waals surface area (Å²) in [6.45, 7) is 0. The molecule has 0 saturated heterocycles. The number of hydrogen-bond donors (Lipinski definition) is 2. The zero-order chi connectivity index (χ0) is 15.4. The number of amides is 3. The van der Waals surface area contributed by atoms with Crippen LogP contribution >= 0.6 is 11.8 Å². The molecule has 1 aromatic rings. The number of aromatic nitrogens is 3.